The average molecular weight is 441 g/mol. The molecule has 2 aromatic carbocycles. The van der Waals surface area contributed by atoms with Crippen molar-refractivity contribution in [1.29, 1.82) is 0 Å². The summed E-state index contributed by atoms with van der Waals surface area (Å²) in [5.74, 6) is 1.47. The smallest absolute Gasteiger partial charge is 0.0381 e. The Morgan fingerprint density at radius 1 is 0.645 bits per heavy atom. The Kier molecular flexibility index (Phi) is 9.66. The van der Waals surface area contributed by atoms with Gasteiger partial charge < -0.3 is 11.5 Å². The molecular weight excluding hydrogens is 396 g/mol. The van der Waals surface area contributed by atoms with Crippen molar-refractivity contribution in [2.75, 3.05) is 0 Å². The van der Waals surface area contributed by atoms with Gasteiger partial charge >= 0.3 is 0 Å². The monoisotopic (exact) mass is 440 g/mol. The van der Waals surface area contributed by atoms with Gasteiger partial charge in [0.1, 0.15) is 0 Å². The first kappa shape index (κ1) is 26.0. The molecule has 0 saturated carbocycles. The Labute approximate surface area is 195 Å². The normalized spacial score (nSPS) is 15.8. The molecule has 0 spiro atoms. The summed E-state index contributed by atoms with van der Waals surface area (Å²) < 4.78 is 0. The van der Waals surface area contributed by atoms with E-state index < -0.39 is 0 Å². The molecule has 0 heterocycles. The van der Waals surface area contributed by atoms with Crippen LogP contribution in [0.25, 0.3) is 0 Å². The van der Waals surface area contributed by atoms with Gasteiger partial charge in [-0.25, -0.2) is 0 Å². The Morgan fingerprint density at radius 2 is 0.968 bits per heavy atom. The summed E-state index contributed by atoms with van der Waals surface area (Å²) in [6.07, 6.45) is 6.85. The van der Waals surface area contributed by atoms with Gasteiger partial charge in [0.25, 0.3) is 0 Å². The third kappa shape index (κ3) is 8.63. The lowest BCUT2D eigenvalue weighted by Gasteiger charge is -2.26. The minimum atomic E-state index is -0.263. The van der Waals surface area contributed by atoms with E-state index >= 15 is 0 Å². The van der Waals surface area contributed by atoms with Crippen molar-refractivity contribution >= 4 is 11.8 Å². The number of nitrogens with two attached hydrogens (primary N) is 2. The van der Waals surface area contributed by atoms with Crippen LogP contribution in [0.5, 0.6) is 0 Å². The van der Waals surface area contributed by atoms with E-state index in [0.29, 0.717) is 0 Å². The Hall–Kier alpha value is -1.29. The Bertz CT molecular complexity index is 706. The summed E-state index contributed by atoms with van der Waals surface area (Å²) in [6, 6.07) is 17.5. The second kappa shape index (κ2) is 11.5. The van der Waals surface area contributed by atoms with Crippen LogP contribution in [0.4, 0.5) is 0 Å². The molecule has 0 saturated heterocycles. The maximum atomic E-state index is 6.62. The summed E-state index contributed by atoms with van der Waals surface area (Å²) in [5.41, 5.74) is 15.1. The SMILES string of the molecule is CC(C)CCCC(C)(N)c1ccc(Sc2ccc(C(C)(N)CCCC(C)C)cc2)cc1. The minimum absolute atomic E-state index is 0.263. The van der Waals surface area contributed by atoms with Crippen LogP contribution in [0.1, 0.15) is 91.2 Å². The largest absolute Gasteiger partial charge is 0.322 e. The molecular formula is C28H44N2S. The third-order valence-corrected chi connectivity index (χ3v) is 7.23. The molecule has 2 rings (SSSR count). The Balaban J connectivity index is 1.96. The molecule has 3 heteroatoms. The van der Waals surface area contributed by atoms with Gasteiger partial charge in [0.2, 0.25) is 0 Å². The molecule has 2 atom stereocenters. The highest BCUT2D eigenvalue weighted by Gasteiger charge is 2.22. The van der Waals surface area contributed by atoms with Crippen LogP contribution in [0.3, 0.4) is 0 Å². The molecule has 2 nitrogen and oxygen atoms in total. The number of hydrogen-bond acceptors (Lipinski definition) is 3. The van der Waals surface area contributed by atoms with Crippen LogP contribution in [-0.4, -0.2) is 0 Å². The molecule has 0 amide bonds. The van der Waals surface area contributed by atoms with Crippen LogP contribution in [0.2, 0.25) is 0 Å². The highest BCUT2D eigenvalue weighted by atomic mass is 32.2. The topological polar surface area (TPSA) is 52.0 Å². The third-order valence-electron chi connectivity index (χ3n) is 6.22. The van der Waals surface area contributed by atoms with Crippen LogP contribution >= 0.6 is 11.8 Å². The average Bonchev–Trinajstić information content (AvgIpc) is 2.68. The minimum Gasteiger partial charge on any atom is -0.322 e. The van der Waals surface area contributed by atoms with Crippen molar-refractivity contribution in [1.82, 2.24) is 0 Å². The highest BCUT2D eigenvalue weighted by molar-refractivity contribution is 7.99. The molecule has 4 N–H and O–H groups in total. The fraction of sp³-hybridized carbons (Fsp3) is 0.571. The van der Waals surface area contributed by atoms with E-state index in [0.717, 1.165) is 24.7 Å². The lowest BCUT2D eigenvalue weighted by molar-refractivity contribution is 0.406. The van der Waals surface area contributed by atoms with Crippen molar-refractivity contribution in [3.05, 3.63) is 59.7 Å². The van der Waals surface area contributed by atoms with E-state index in [-0.39, 0.29) is 11.1 Å². The molecule has 2 unspecified atom stereocenters. The van der Waals surface area contributed by atoms with Gasteiger partial charge in [-0.15, -0.1) is 0 Å². The first-order valence-corrected chi connectivity index (χ1v) is 12.8. The summed E-state index contributed by atoms with van der Waals surface area (Å²) in [7, 11) is 0. The molecule has 0 aromatic heterocycles. The Morgan fingerprint density at radius 3 is 1.26 bits per heavy atom. The van der Waals surface area contributed by atoms with Gasteiger partial charge in [-0.2, -0.15) is 0 Å². The van der Waals surface area contributed by atoms with E-state index in [1.807, 2.05) is 0 Å². The van der Waals surface area contributed by atoms with Crippen molar-refractivity contribution < 1.29 is 0 Å². The van der Waals surface area contributed by atoms with E-state index in [2.05, 4.69) is 90.1 Å². The summed E-state index contributed by atoms with van der Waals surface area (Å²) in [4.78, 5) is 2.48. The fourth-order valence-electron chi connectivity index (χ4n) is 3.99. The van der Waals surface area contributed by atoms with E-state index in [1.165, 1.54) is 46.6 Å². The van der Waals surface area contributed by atoms with Gasteiger partial charge in [-0.1, -0.05) is 89.4 Å². The first-order valence-electron chi connectivity index (χ1n) is 12.0. The molecule has 2 aromatic rings. The second-order valence-electron chi connectivity index (χ2n) is 10.6. The first-order chi connectivity index (χ1) is 14.5. The molecule has 0 aliphatic heterocycles. The van der Waals surface area contributed by atoms with Crippen LogP contribution < -0.4 is 11.5 Å². The number of benzene rings is 2. The van der Waals surface area contributed by atoms with Gasteiger partial charge in [0, 0.05) is 20.9 Å². The van der Waals surface area contributed by atoms with Crippen molar-refractivity contribution in [2.45, 2.75) is 101 Å². The standard InChI is InChI=1S/C28H44N2S/c1-21(2)9-7-19-27(5,29)23-11-15-25(16-12-23)31-26-17-13-24(14-18-26)28(6,30)20-8-10-22(3)4/h11-18,21-22H,7-10,19-20,29-30H2,1-6H3. The van der Waals surface area contributed by atoms with Crippen molar-refractivity contribution in [3.63, 3.8) is 0 Å². The van der Waals surface area contributed by atoms with Crippen molar-refractivity contribution in [2.24, 2.45) is 23.3 Å². The van der Waals surface area contributed by atoms with E-state index in [4.69, 9.17) is 11.5 Å². The predicted molar refractivity (Wildman–Crippen MR) is 137 cm³/mol. The van der Waals surface area contributed by atoms with Crippen LogP contribution in [0, 0.1) is 11.8 Å². The van der Waals surface area contributed by atoms with E-state index in [1.54, 1.807) is 11.8 Å². The van der Waals surface area contributed by atoms with Gasteiger partial charge in [-0.05, 0) is 73.9 Å². The summed E-state index contributed by atoms with van der Waals surface area (Å²) in [6.45, 7) is 13.4. The molecule has 0 aliphatic carbocycles. The molecule has 0 aliphatic rings. The van der Waals surface area contributed by atoms with Gasteiger partial charge in [0.15, 0.2) is 0 Å². The second-order valence-corrected chi connectivity index (χ2v) is 11.7. The summed E-state index contributed by atoms with van der Waals surface area (Å²) in [5, 5.41) is 0. The maximum absolute atomic E-state index is 6.62. The van der Waals surface area contributed by atoms with Crippen molar-refractivity contribution in [3.8, 4) is 0 Å². The van der Waals surface area contributed by atoms with Gasteiger partial charge in [-0.3, -0.25) is 0 Å². The lowest BCUT2D eigenvalue weighted by Crippen LogP contribution is -2.32. The molecule has 0 fully saturated rings. The summed E-state index contributed by atoms with van der Waals surface area (Å²) >= 11 is 1.79. The predicted octanol–water partition coefficient (Wildman–Crippen LogP) is 7.84. The molecule has 172 valence electrons. The van der Waals surface area contributed by atoms with Gasteiger partial charge in [0.05, 0.1) is 0 Å². The zero-order valence-corrected chi connectivity index (χ0v) is 21.4. The molecule has 0 radical (unpaired) electrons. The zero-order chi connectivity index (χ0) is 23.1. The molecule has 31 heavy (non-hydrogen) atoms. The fourth-order valence-corrected chi connectivity index (χ4v) is 4.80. The quantitative estimate of drug-likeness (QED) is 0.353. The van der Waals surface area contributed by atoms with E-state index in [9.17, 15) is 0 Å². The zero-order valence-electron chi connectivity index (χ0n) is 20.6. The molecule has 0 bridgehead atoms. The number of hydrogen-bond donors (Lipinski definition) is 2. The lowest BCUT2D eigenvalue weighted by atomic mass is 9.87. The van der Waals surface area contributed by atoms with Crippen LogP contribution in [-0.2, 0) is 11.1 Å². The highest BCUT2D eigenvalue weighted by Crippen LogP contribution is 2.33. The maximum Gasteiger partial charge on any atom is 0.0381 e. The number of rotatable bonds is 12. The van der Waals surface area contributed by atoms with Crippen LogP contribution in [0.15, 0.2) is 58.3 Å².